The Hall–Kier alpha value is -2.54. The number of nitrogens with zero attached hydrogens (tertiary/aromatic N) is 1. The second kappa shape index (κ2) is 11.5. The zero-order valence-corrected chi connectivity index (χ0v) is 22.6. The number of esters is 1. The summed E-state index contributed by atoms with van der Waals surface area (Å²) in [5.41, 5.74) is -3.33. The fraction of sp³-hybridized carbons (Fsp3) is 0.667. The van der Waals surface area contributed by atoms with Gasteiger partial charge in [0, 0.05) is 24.7 Å². The van der Waals surface area contributed by atoms with Gasteiger partial charge in [-0.1, -0.05) is 39.8 Å². The van der Waals surface area contributed by atoms with Gasteiger partial charge in [0.1, 0.15) is 36.6 Å². The van der Waals surface area contributed by atoms with Gasteiger partial charge in [-0.05, 0) is 18.6 Å². The van der Waals surface area contributed by atoms with E-state index in [1.807, 2.05) is 0 Å². The van der Waals surface area contributed by atoms with Crippen molar-refractivity contribution in [1.29, 1.82) is 0 Å². The number of rotatable bonds is 3. The number of aliphatic hydroxyl groups excluding tert-OH is 3. The van der Waals surface area contributed by atoms with Crippen LogP contribution in [0.2, 0.25) is 0 Å². The Balaban J connectivity index is 1.98. The molecule has 12 heteroatoms. The van der Waals surface area contributed by atoms with Gasteiger partial charge in [0.15, 0.2) is 5.60 Å². The topological polar surface area (TPSA) is 143 Å². The second-order valence-corrected chi connectivity index (χ2v) is 11.0. The molecule has 0 radical (unpaired) electrons. The number of halogens is 3. The van der Waals surface area contributed by atoms with Crippen molar-refractivity contribution in [1.82, 2.24) is 4.98 Å². The predicted octanol–water partition coefficient (Wildman–Crippen LogP) is 3.51. The van der Waals surface area contributed by atoms with Crippen LogP contribution in [0.3, 0.4) is 0 Å². The lowest BCUT2D eigenvalue weighted by molar-refractivity contribution is -0.183. The maximum atomic E-state index is 14.1. The molecule has 9 nitrogen and oxygen atoms in total. The van der Waals surface area contributed by atoms with Gasteiger partial charge in [0.2, 0.25) is 5.89 Å². The van der Waals surface area contributed by atoms with E-state index in [1.165, 1.54) is 52.2 Å². The highest BCUT2D eigenvalue weighted by molar-refractivity contribution is 5.88. The standard InChI is InChI=1S/C27H36F3NO8/c1-14-7-6-8-26(27(28,29)30)20(39-26)10-18(15(2)9-17-13-37-21(12-32)31-17)38-22(34)11-19(33)25(4,5)24(36)16(3)23(14)35/h6-7,9,13-14,16,18-20,23,32-33,35H,8,10-12H2,1-5H3/t14-,16+,18-,19-,20?,23-,26?/m0/s1. The number of ketones is 1. The Labute approximate surface area is 224 Å². The molecule has 0 bridgehead atoms. The third-order valence-corrected chi connectivity index (χ3v) is 7.74. The summed E-state index contributed by atoms with van der Waals surface area (Å²) in [5, 5.41) is 30.7. The quantitative estimate of drug-likeness (QED) is 0.288. The van der Waals surface area contributed by atoms with Gasteiger partial charge >= 0.3 is 12.1 Å². The van der Waals surface area contributed by atoms with E-state index < -0.39 is 84.6 Å². The van der Waals surface area contributed by atoms with Gasteiger partial charge in [0.05, 0.1) is 24.0 Å². The molecule has 2 aliphatic heterocycles. The fourth-order valence-electron chi connectivity index (χ4n) is 4.87. The molecular formula is C27H36F3NO8. The highest BCUT2D eigenvalue weighted by atomic mass is 19.4. The normalized spacial score (nSPS) is 34.9. The number of aliphatic hydroxyl groups is 3. The first-order valence-corrected chi connectivity index (χ1v) is 12.8. The minimum Gasteiger partial charge on any atom is -0.458 e. The predicted molar refractivity (Wildman–Crippen MR) is 132 cm³/mol. The summed E-state index contributed by atoms with van der Waals surface area (Å²) >= 11 is 0. The molecule has 2 unspecified atom stereocenters. The maximum absolute atomic E-state index is 14.1. The first-order valence-electron chi connectivity index (χ1n) is 12.8. The molecule has 1 aromatic rings. The third kappa shape index (κ3) is 6.62. The van der Waals surface area contributed by atoms with Gasteiger partial charge in [-0.15, -0.1) is 0 Å². The van der Waals surface area contributed by atoms with E-state index in [0.717, 1.165) is 0 Å². The summed E-state index contributed by atoms with van der Waals surface area (Å²) in [6.07, 6.45) is -6.03. The molecule has 3 heterocycles. The average molecular weight is 560 g/mol. The van der Waals surface area contributed by atoms with Crippen LogP contribution in [0, 0.1) is 17.3 Å². The van der Waals surface area contributed by atoms with Crippen molar-refractivity contribution in [2.24, 2.45) is 17.3 Å². The van der Waals surface area contributed by atoms with Crippen molar-refractivity contribution >= 4 is 17.8 Å². The monoisotopic (exact) mass is 559 g/mol. The summed E-state index contributed by atoms with van der Waals surface area (Å²) in [6.45, 7) is 7.06. The number of cyclic esters (lactones) is 1. The molecule has 0 aliphatic carbocycles. The highest BCUT2D eigenvalue weighted by Crippen LogP contribution is 2.54. The molecular weight excluding hydrogens is 523 g/mol. The summed E-state index contributed by atoms with van der Waals surface area (Å²) in [6, 6.07) is 0. The summed E-state index contributed by atoms with van der Waals surface area (Å²) < 4.78 is 58.2. The summed E-state index contributed by atoms with van der Waals surface area (Å²) in [4.78, 5) is 30.1. The van der Waals surface area contributed by atoms with Crippen LogP contribution < -0.4 is 0 Å². The van der Waals surface area contributed by atoms with Gasteiger partial charge in [0.25, 0.3) is 0 Å². The minimum absolute atomic E-state index is 0.0287. The van der Waals surface area contributed by atoms with Crippen molar-refractivity contribution in [3.05, 3.63) is 35.6 Å². The SMILES string of the molecule is CC(=Cc1coc(CO)n1)[C@@H]1CC2OC2(C(F)(F)F)CC=C[C@H](C)[C@H](O)[C@@H](C)C(=O)C(C)(C)[C@@H](O)CC(=O)O1. The lowest BCUT2D eigenvalue weighted by Gasteiger charge is -2.34. The van der Waals surface area contributed by atoms with E-state index >= 15 is 0 Å². The van der Waals surface area contributed by atoms with E-state index in [1.54, 1.807) is 6.92 Å². The third-order valence-electron chi connectivity index (χ3n) is 7.74. The molecule has 0 saturated carbocycles. The minimum atomic E-state index is -4.73. The molecule has 218 valence electrons. The molecule has 0 spiro atoms. The van der Waals surface area contributed by atoms with Crippen molar-refractivity contribution in [3.8, 4) is 0 Å². The number of carbonyl (C=O) groups is 2. The number of aromatic nitrogens is 1. The Morgan fingerprint density at radius 3 is 2.49 bits per heavy atom. The largest absolute Gasteiger partial charge is 0.458 e. The molecule has 1 saturated heterocycles. The molecule has 0 amide bonds. The molecule has 3 N–H and O–H groups in total. The first-order chi connectivity index (χ1) is 18.0. The van der Waals surface area contributed by atoms with Crippen LogP contribution in [0.15, 0.2) is 28.4 Å². The molecule has 7 atom stereocenters. The van der Waals surface area contributed by atoms with Crippen LogP contribution in [0.4, 0.5) is 13.2 Å². The van der Waals surface area contributed by atoms with Gasteiger partial charge in [-0.2, -0.15) is 13.2 Å². The van der Waals surface area contributed by atoms with Crippen molar-refractivity contribution in [2.45, 2.75) is 96.7 Å². The number of oxazole rings is 1. The zero-order chi connectivity index (χ0) is 29.3. The Morgan fingerprint density at radius 2 is 1.90 bits per heavy atom. The van der Waals surface area contributed by atoms with Crippen LogP contribution in [0.5, 0.6) is 0 Å². The molecule has 3 rings (SSSR count). The van der Waals surface area contributed by atoms with Crippen molar-refractivity contribution in [3.63, 3.8) is 0 Å². The first kappa shape index (κ1) is 31.0. The number of alkyl halides is 3. The van der Waals surface area contributed by atoms with Crippen LogP contribution in [-0.4, -0.2) is 68.2 Å². The van der Waals surface area contributed by atoms with E-state index in [0.29, 0.717) is 5.57 Å². The molecule has 1 aromatic heterocycles. The lowest BCUT2D eigenvalue weighted by atomic mass is 9.73. The highest BCUT2D eigenvalue weighted by Gasteiger charge is 2.72. The number of hydrogen-bond acceptors (Lipinski definition) is 9. The average Bonchev–Trinajstić information content (AvgIpc) is 3.38. The van der Waals surface area contributed by atoms with Crippen LogP contribution in [0.1, 0.15) is 65.5 Å². The molecule has 2 aliphatic rings. The Kier molecular flexibility index (Phi) is 9.15. The van der Waals surface area contributed by atoms with Crippen LogP contribution in [0.25, 0.3) is 6.08 Å². The van der Waals surface area contributed by atoms with Crippen LogP contribution in [-0.2, 0) is 25.7 Å². The summed E-state index contributed by atoms with van der Waals surface area (Å²) in [7, 11) is 0. The Morgan fingerprint density at radius 1 is 1.23 bits per heavy atom. The number of epoxide rings is 1. The lowest BCUT2D eigenvalue weighted by Crippen LogP contribution is -2.45. The van der Waals surface area contributed by atoms with E-state index in [9.17, 15) is 33.0 Å². The molecule has 39 heavy (non-hydrogen) atoms. The van der Waals surface area contributed by atoms with Crippen LogP contribution >= 0.6 is 0 Å². The Bertz CT molecular complexity index is 1110. The fourth-order valence-corrected chi connectivity index (χ4v) is 4.87. The summed E-state index contributed by atoms with van der Waals surface area (Å²) in [5.74, 6) is -3.03. The molecule has 1 fully saturated rings. The number of Topliss-reactive ketones (excluding diaryl/α,β-unsaturated/α-hetero) is 1. The number of ether oxygens (including phenoxy) is 2. The number of fused-ring (bicyclic) bond motifs is 1. The smallest absolute Gasteiger partial charge is 0.420 e. The van der Waals surface area contributed by atoms with E-state index in [-0.39, 0.29) is 18.0 Å². The molecule has 0 aromatic carbocycles. The zero-order valence-electron chi connectivity index (χ0n) is 22.6. The maximum Gasteiger partial charge on any atom is 0.420 e. The van der Waals surface area contributed by atoms with E-state index in [2.05, 4.69) is 4.98 Å². The second-order valence-electron chi connectivity index (χ2n) is 11.0. The van der Waals surface area contributed by atoms with Crippen molar-refractivity contribution in [2.75, 3.05) is 0 Å². The van der Waals surface area contributed by atoms with Gasteiger partial charge < -0.3 is 29.2 Å². The number of hydrogen-bond donors (Lipinski definition) is 3. The van der Waals surface area contributed by atoms with Crippen molar-refractivity contribution < 1.29 is 52.0 Å². The van der Waals surface area contributed by atoms with E-state index in [4.69, 9.17) is 19.0 Å². The number of carbonyl (C=O) groups excluding carboxylic acids is 2. The van der Waals surface area contributed by atoms with Gasteiger partial charge in [-0.25, -0.2) is 4.98 Å². The van der Waals surface area contributed by atoms with Gasteiger partial charge in [-0.3, -0.25) is 9.59 Å².